The molecule has 0 aliphatic heterocycles. The van der Waals surface area contributed by atoms with Crippen LogP contribution in [0.15, 0.2) is 18.2 Å². The molecule has 0 radical (unpaired) electrons. The maximum Gasteiger partial charge on any atom is 0.355 e. The Bertz CT molecular complexity index is 390. The lowest BCUT2D eigenvalue weighted by molar-refractivity contribution is 0.0690. The molecule has 0 saturated heterocycles. The summed E-state index contributed by atoms with van der Waals surface area (Å²) in [6.07, 6.45) is 3.75. The Morgan fingerprint density at radius 3 is 2.87 bits per heavy atom. The summed E-state index contributed by atoms with van der Waals surface area (Å²) in [5.74, 6) is -1.12. The molecule has 0 saturated carbocycles. The molecule has 5 heteroatoms. The Labute approximate surface area is 91.8 Å². The fourth-order valence-corrected chi connectivity index (χ4v) is 1.18. The van der Waals surface area contributed by atoms with Crippen molar-refractivity contribution in [1.29, 1.82) is 0 Å². The quantitative estimate of drug-likeness (QED) is 0.770. The number of pyridine rings is 1. The smallest absolute Gasteiger partial charge is 0.355 e. The number of aliphatic hydroxyl groups is 1. The normalized spacial score (nSPS) is 10.8. The topological polar surface area (TPSA) is 70.4 Å². The van der Waals surface area contributed by atoms with Crippen LogP contribution in [0.25, 0.3) is 6.08 Å². The summed E-state index contributed by atoms with van der Waals surface area (Å²) in [5, 5.41) is 17.5. The first-order valence-corrected chi connectivity index (χ1v) is 4.70. The predicted octanol–water partition coefficient (Wildman–Crippen LogP) is 1.83. The molecule has 0 amide bonds. The Kier molecular flexibility index (Phi) is 4.27. The van der Waals surface area contributed by atoms with E-state index in [0.717, 1.165) is 0 Å². The van der Waals surface area contributed by atoms with E-state index in [1.54, 1.807) is 18.2 Å². The largest absolute Gasteiger partial charge is 0.476 e. The van der Waals surface area contributed by atoms with Crippen LogP contribution in [0.5, 0.6) is 0 Å². The molecule has 0 atom stereocenters. The molecule has 1 aromatic heterocycles. The summed E-state index contributed by atoms with van der Waals surface area (Å²) in [6.45, 7) is 0.0277. The fraction of sp³-hybridized carbons (Fsp3) is 0.200. The van der Waals surface area contributed by atoms with Gasteiger partial charge in [0.15, 0.2) is 5.69 Å². The third kappa shape index (κ3) is 3.34. The van der Waals surface area contributed by atoms with Crippen LogP contribution in [0.1, 0.15) is 22.5 Å². The van der Waals surface area contributed by atoms with Crippen molar-refractivity contribution in [3.8, 4) is 0 Å². The van der Waals surface area contributed by atoms with E-state index in [1.165, 1.54) is 6.07 Å². The molecular weight excluding hydrogens is 218 g/mol. The number of hydrogen-bond acceptors (Lipinski definition) is 3. The zero-order chi connectivity index (χ0) is 11.3. The van der Waals surface area contributed by atoms with Gasteiger partial charge in [-0.3, -0.25) is 0 Å². The molecule has 1 aromatic rings. The highest BCUT2D eigenvalue weighted by molar-refractivity contribution is 6.29. The molecule has 15 heavy (non-hydrogen) atoms. The molecule has 0 bridgehead atoms. The summed E-state index contributed by atoms with van der Waals surface area (Å²) in [7, 11) is 0. The lowest BCUT2D eigenvalue weighted by atomic mass is 10.1. The van der Waals surface area contributed by atoms with Crippen molar-refractivity contribution < 1.29 is 15.0 Å². The van der Waals surface area contributed by atoms with Gasteiger partial charge in [0.1, 0.15) is 5.15 Å². The van der Waals surface area contributed by atoms with Gasteiger partial charge in [0.25, 0.3) is 0 Å². The number of carboxylic acids is 1. The van der Waals surface area contributed by atoms with Gasteiger partial charge in [-0.2, -0.15) is 0 Å². The van der Waals surface area contributed by atoms with Gasteiger partial charge in [-0.15, -0.1) is 0 Å². The van der Waals surface area contributed by atoms with E-state index >= 15 is 0 Å². The van der Waals surface area contributed by atoms with Crippen LogP contribution in [0, 0.1) is 0 Å². The minimum Gasteiger partial charge on any atom is -0.476 e. The minimum atomic E-state index is -1.12. The van der Waals surface area contributed by atoms with Crippen molar-refractivity contribution in [1.82, 2.24) is 4.98 Å². The lowest BCUT2D eigenvalue weighted by Crippen LogP contribution is -2.03. The second-order valence-electron chi connectivity index (χ2n) is 2.79. The third-order valence-electron chi connectivity index (χ3n) is 1.69. The average molecular weight is 228 g/mol. The predicted molar refractivity (Wildman–Crippen MR) is 56.9 cm³/mol. The van der Waals surface area contributed by atoms with Crippen LogP contribution >= 0.6 is 11.6 Å². The second-order valence-corrected chi connectivity index (χ2v) is 3.18. The zero-order valence-electron chi connectivity index (χ0n) is 7.85. The number of halogens is 1. The van der Waals surface area contributed by atoms with Crippen LogP contribution in [-0.2, 0) is 0 Å². The van der Waals surface area contributed by atoms with E-state index in [4.69, 9.17) is 21.8 Å². The summed E-state index contributed by atoms with van der Waals surface area (Å²) >= 11 is 5.58. The van der Waals surface area contributed by atoms with Crippen molar-refractivity contribution in [2.24, 2.45) is 0 Å². The molecule has 0 fully saturated rings. The number of aromatic nitrogens is 1. The van der Waals surface area contributed by atoms with E-state index in [2.05, 4.69) is 4.98 Å². The number of carbonyl (C=O) groups is 1. The van der Waals surface area contributed by atoms with E-state index in [9.17, 15) is 4.79 Å². The van der Waals surface area contributed by atoms with Crippen molar-refractivity contribution in [3.63, 3.8) is 0 Å². The maximum atomic E-state index is 10.8. The van der Waals surface area contributed by atoms with Crippen molar-refractivity contribution >= 4 is 23.6 Å². The van der Waals surface area contributed by atoms with Gasteiger partial charge in [0.2, 0.25) is 0 Å². The molecule has 0 unspecified atom stereocenters. The van der Waals surface area contributed by atoms with Gasteiger partial charge in [-0.05, 0) is 18.6 Å². The Hall–Kier alpha value is -1.39. The first-order valence-electron chi connectivity index (χ1n) is 4.32. The van der Waals surface area contributed by atoms with Crippen molar-refractivity contribution in [2.45, 2.75) is 6.42 Å². The fourth-order valence-electron chi connectivity index (χ4n) is 1.04. The van der Waals surface area contributed by atoms with E-state index in [0.29, 0.717) is 12.0 Å². The van der Waals surface area contributed by atoms with Gasteiger partial charge in [0.05, 0.1) is 0 Å². The number of aliphatic hydroxyl groups excluding tert-OH is 1. The van der Waals surface area contributed by atoms with Crippen LogP contribution in [-0.4, -0.2) is 27.8 Å². The van der Waals surface area contributed by atoms with Gasteiger partial charge in [0, 0.05) is 12.2 Å². The monoisotopic (exact) mass is 227 g/mol. The number of aromatic carboxylic acids is 1. The Morgan fingerprint density at radius 1 is 1.53 bits per heavy atom. The van der Waals surface area contributed by atoms with E-state index in [1.807, 2.05) is 0 Å². The summed E-state index contributed by atoms with van der Waals surface area (Å²) in [5.41, 5.74) is 0.386. The molecule has 80 valence electrons. The summed E-state index contributed by atoms with van der Waals surface area (Å²) < 4.78 is 0. The van der Waals surface area contributed by atoms with Gasteiger partial charge in [-0.25, -0.2) is 9.78 Å². The number of carboxylic acid groups (broad SMARTS) is 1. The Balaban J connectivity index is 3.01. The molecule has 0 aliphatic rings. The molecule has 0 aliphatic carbocycles. The summed E-state index contributed by atoms with van der Waals surface area (Å²) in [6, 6.07) is 3.10. The number of hydrogen-bond donors (Lipinski definition) is 2. The maximum absolute atomic E-state index is 10.8. The molecule has 4 nitrogen and oxygen atoms in total. The third-order valence-corrected chi connectivity index (χ3v) is 1.90. The zero-order valence-corrected chi connectivity index (χ0v) is 8.61. The van der Waals surface area contributed by atoms with Crippen LogP contribution in [0.2, 0.25) is 5.15 Å². The number of rotatable bonds is 4. The molecule has 0 aromatic carbocycles. The minimum absolute atomic E-state index is 0.0277. The van der Waals surface area contributed by atoms with Crippen LogP contribution < -0.4 is 0 Å². The van der Waals surface area contributed by atoms with Crippen molar-refractivity contribution in [3.05, 3.63) is 34.6 Å². The average Bonchev–Trinajstić information content (AvgIpc) is 2.20. The standard InChI is InChI=1S/C10H10ClNO3/c11-8-5-4-7(3-1-2-6-13)9(12-8)10(14)15/h1,3-5,13H,2,6H2,(H,14,15). The number of nitrogens with zero attached hydrogens (tertiary/aromatic N) is 1. The Morgan fingerprint density at radius 2 is 2.27 bits per heavy atom. The highest BCUT2D eigenvalue weighted by Gasteiger charge is 2.09. The van der Waals surface area contributed by atoms with Crippen molar-refractivity contribution in [2.75, 3.05) is 6.61 Å². The molecule has 0 spiro atoms. The summed E-state index contributed by atoms with van der Waals surface area (Å²) in [4.78, 5) is 14.5. The van der Waals surface area contributed by atoms with Gasteiger partial charge < -0.3 is 10.2 Å². The molecule has 1 rings (SSSR count). The van der Waals surface area contributed by atoms with E-state index < -0.39 is 5.97 Å². The first-order chi connectivity index (χ1) is 7.15. The second kappa shape index (κ2) is 5.48. The van der Waals surface area contributed by atoms with E-state index in [-0.39, 0.29) is 17.5 Å². The van der Waals surface area contributed by atoms with Crippen LogP contribution in [0.3, 0.4) is 0 Å². The first kappa shape index (κ1) is 11.7. The SMILES string of the molecule is O=C(O)c1nc(Cl)ccc1C=CCCO. The van der Waals surface area contributed by atoms with Gasteiger partial charge >= 0.3 is 5.97 Å². The molecule has 2 N–H and O–H groups in total. The highest BCUT2D eigenvalue weighted by atomic mass is 35.5. The molecular formula is C10H10ClNO3. The lowest BCUT2D eigenvalue weighted by Gasteiger charge is -2.00. The highest BCUT2D eigenvalue weighted by Crippen LogP contribution is 2.13. The molecule has 1 heterocycles. The van der Waals surface area contributed by atoms with Gasteiger partial charge in [-0.1, -0.05) is 23.8 Å². The van der Waals surface area contributed by atoms with Crippen LogP contribution in [0.4, 0.5) is 0 Å².